The zero-order valence-corrected chi connectivity index (χ0v) is 18.5. The summed E-state index contributed by atoms with van der Waals surface area (Å²) >= 11 is 0. The molecule has 30 heavy (non-hydrogen) atoms. The van der Waals surface area contributed by atoms with E-state index in [9.17, 15) is 4.79 Å². The predicted molar refractivity (Wildman–Crippen MR) is 122 cm³/mol. The number of carbonyl (C=O) groups is 1. The minimum atomic E-state index is -0.000661. The van der Waals surface area contributed by atoms with Crippen molar-refractivity contribution in [2.75, 3.05) is 13.1 Å². The summed E-state index contributed by atoms with van der Waals surface area (Å²) in [5, 5.41) is 3.19. The van der Waals surface area contributed by atoms with Crippen LogP contribution in [0.5, 0.6) is 0 Å². The standard InChI is InChI=1S/C27H34N2O/c1-18-25-16-22-11-12-23(26(30)28-19(2)21-7-5-4-6-8-21)15-24(22)27(18,3)13-14-29(25)17-20-9-10-20/h4-8,11-12,15,18-20,25H,9-10,13-14,16-17H2,1-3H3,(H,28,30)/t18?,19-,25?,27?/m0/s1. The minimum absolute atomic E-state index is 0.000661. The maximum absolute atomic E-state index is 13.0. The molecular formula is C27H34N2O. The van der Waals surface area contributed by atoms with Gasteiger partial charge in [0.25, 0.3) is 5.91 Å². The number of amides is 1. The number of benzene rings is 2. The average molecular weight is 403 g/mol. The molecule has 5 rings (SSSR count). The molecule has 3 nitrogen and oxygen atoms in total. The number of nitrogens with one attached hydrogen (secondary N) is 1. The zero-order chi connectivity index (χ0) is 20.9. The molecule has 0 aromatic heterocycles. The molecule has 2 fully saturated rings. The smallest absolute Gasteiger partial charge is 0.251 e. The van der Waals surface area contributed by atoms with Crippen LogP contribution in [0.15, 0.2) is 48.5 Å². The second-order valence-electron chi connectivity index (χ2n) is 10.1. The molecule has 1 saturated heterocycles. The second-order valence-corrected chi connectivity index (χ2v) is 10.1. The number of hydrogen-bond donors (Lipinski definition) is 1. The maximum atomic E-state index is 13.0. The van der Waals surface area contributed by atoms with Crippen LogP contribution in [0.1, 0.15) is 73.1 Å². The Balaban J connectivity index is 1.38. The van der Waals surface area contributed by atoms with Crippen molar-refractivity contribution in [1.82, 2.24) is 10.2 Å². The lowest BCUT2D eigenvalue weighted by Gasteiger charge is -2.55. The van der Waals surface area contributed by atoms with Gasteiger partial charge in [-0.3, -0.25) is 9.69 Å². The van der Waals surface area contributed by atoms with E-state index < -0.39 is 0 Å². The topological polar surface area (TPSA) is 32.3 Å². The van der Waals surface area contributed by atoms with Gasteiger partial charge in [-0.1, -0.05) is 50.2 Å². The molecule has 3 aliphatic rings. The van der Waals surface area contributed by atoms with Crippen molar-refractivity contribution in [2.45, 2.75) is 64.0 Å². The first-order valence-electron chi connectivity index (χ1n) is 11.7. The summed E-state index contributed by atoms with van der Waals surface area (Å²) in [5.74, 6) is 1.60. The van der Waals surface area contributed by atoms with Crippen molar-refractivity contribution in [1.29, 1.82) is 0 Å². The van der Waals surface area contributed by atoms with E-state index in [1.54, 1.807) is 0 Å². The SMILES string of the molecule is CC1C2Cc3ccc(C(=O)N[C@@H](C)c4ccccc4)cc3C1(C)CCN2CC1CC1. The van der Waals surface area contributed by atoms with E-state index in [0.717, 1.165) is 23.5 Å². The summed E-state index contributed by atoms with van der Waals surface area (Å²) in [7, 11) is 0. The van der Waals surface area contributed by atoms with Crippen LogP contribution in [0.4, 0.5) is 0 Å². The molecule has 0 spiro atoms. The van der Waals surface area contributed by atoms with E-state index >= 15 is 0 Å². The number of piperidine rings is 1. The van der Waals surface area contributed by atoms with Crippen LogP contribution in [-0.2, 0) is 11.8 Å². The van der Waals surface area contributed by atoms with Crippen LogP contribution in [0, 0.1) is 11.8 Å². The Kier molecular flexibility index (Phi) is 4.97. The number of fused-ring (bicyclic) bond motifs is 4. The summed E-state index contributed by atoms with van der Waals surface area (Å²) in [6, 6.07) is 17.3. The highest BCUT2D eigenvalue weighted by atomic mass is 16.1. The number of carbonyl (C=O) groups excluding carboxylic acids is 1. The molecule has 3 unspecified atom stereocenters. The van der Waals surface area contributed by atoms with Gasteiger partial charge in [-0.05, 0) is 85.2 Å². The Hall–Kier alpha value is -2.13. The lowest BCUT2D eigenvalue weighted by Crippen LogP contribution is -2.58. The van der Waals surface area contributed by atoms with Crippen molar-refractivity contribution >= 4 is 5.91 Å². The third-order valence-electron chi connectivity index (χ3n) is 8.22. The average Bonchev–Trinajstić information content (AvgIpc) is 3.57. The van der Waals surface area contributed by atoms with Gasteiger partial charge < -0.3 is 5.32 Å². The van der Waals surface area contributed by atoms with Crippen LogP contribution in [0.2, 0.25) is 0 Å². The van der Waals surface area contributed by atoms with E-state index in [1.165, 1.54) is 43.5 Å². The van der Waals surface area contributed by atoms with Gasteiger partial charge in [0, 0.05) is 18.2 Å². The largest absolute Gasteiger partial charge is 0.346 e. The predicted octanol–water partition coefficient (Wildman–Crippen LogP) is 5.11. The van der Waals surface area contributed by atoms with Crippen molar-refractivity contribution in [3.05, 3.63) is 70.8 Å². The normalized spacial score (nSPS) is 29.2. The number of nitrogens with zero attached hydrogens (tertiary/aromatic N) is 1. The summed E-state index contributed by atoms with van der Waals surface area (Å²) in [6.45, 7) is 9.42. The molecule has 2 aromatic carbocycles. The molecule has 1 amide bonds. The van der Waals surface area contributed by atoms with Gasteiger partial charge in [0.2, 0.25) is 0 Å². The molecule has 1 saturated carbocycles. The third kappa shape index (κ3) is 3.47. The van der Waals surface area contributed by atoms with Crippen molar-refractivity contribution in [3.8, 4) is 0 Å². The van der Waals surface area contributed by atoms with Gasteiger partial charge in [0.1, 0.15) is 0 Å². The van der Waals surface area contributed by atoms with E-state index in [2.05, 4.69) is 55.3 Å². The van der Waals surface area contributed by atoms with Crippen LogP contribution < -0.4 is 5.32 Å². The van der Waals surface area contributed by atoms with E-state index in [0.29, 0.717) is 12.0 Å². The molecule has 1 heterocycles. The van der Waals surface area contributed by atoms with E-state index in [1.807, 2.05) is 24.3 Å². The van der Waals surface area contributed by atoms with Gasteiger partial charge >= 0.3 is 0 Å². The molecule has 4 atom stereocenters. The highest BCUT2D eigenvalue weighted by molar-refractivity contribution is 5.94. The Morgan fingerprint density at radius 2 is 1.97 bits per heavy atom. The fourth-order valence-electron chi connectivity index (χ4n) is 5.81. The summed E-state index contributed by atoms with van der Waals surface area (Å²) in [4.78, 5) is 15.8. The summed E-state index contributed by atoms with van der Waals surface area (Å²) in [6.07, 6.45) is 5.16. The molecule has 1 N–H and O–H groups in total. The Labute approximate surface area is 180 Å². The quantitative estimate of drug-likeness (QED) is 0.754. The van der Waals surface area contributed by atoms with Gasteiger partial charge in [-0.2, -0.15) is 0 Å². The van der Waals surface area contributed by atoms with Crippen LogP contribution >= 0.6 is 0 Å². The highest BCUT2D eigenvalue weighted by Crippen LogP contribution is 2.49. The Bertz CT molecular complexity index is 935. The fourth-order valence-corrected chi connectivity index (χ4v) is 5.81. The first kappa shape index (κ1) is 19.8. The second kappa shape index (κ2) is 7.53. The molecule has 2 aliphatic carbocycles. The first-order chi connectivity index (χ1) is 14.5. The van der Waals surface area contributed by atoms with E-state index in [-0.39, 0.29) is 17.4 Å². The monoisotopic (exact) mass is 402 g/mol. The Morgan fingerprint density at radius 1 is 1.20 bits per heavy atom. The van der Waals surface area contributed by atoms with Crippen molar-refractivity contribution in [3.63, 3.8) is 0 Å². The summed E-state index contributed by atoms with van der Waals surface area (Å²) in [5.41, 5.74) is 4.96. The molecule has 1 aliphatic heterocycles. The molecule has 158 valence electrons. The molecule has 0 radical (unpaired) electrons. The van der Waals surface area contributed by atoms with Gasteiger partial charge in [-0.15, -0.1) is 0 Å². The van der Waals surface area contributed by atoms with Gasteiger partial charge in [-0.25, -0.2) is 0 Å². The fraction of sp³-hybridized carbons (Fsp3) is 0.519. The van der Waals surface area contributed by atoms with Crippen LogP contribution in [0.25, 0.3) is 0 Å². The van der Waals surface area contributed by atoms with Crippen LogP contribution in [0.3, 0.4) is 0 Å². The lowest BCUT2D eigenvalue weighted by atomic mass is 9.59. The van der Waals surface area contributed by atoms with Crippen LogP contribution in [-0.4, -0.2) is 29.9 Å². The first-order valence-corrected chi connectivity index (χ1v) is 11.7. The third-order valence-corrected chi connectivity index (χ3v) is 8.22. The molecule has 3 heteroatoms. The summed E-state index contributed by atoms with van der Waals surface area (Å²) < 4.78 is 0. The van der Waals surface area contributed by atoms with E-state index in [4.69, 9.17) is 0 Å². The van der Waals surface area contributed by atoms with Gasteiger partial charge in [0.05, 0.1) is 6.04 Å². The number of rotatable bonds is 5. The molecular weight excluding hydrogens is 368 g/mol. The highest BCUT2D eigenvalue weighted by Gasteiger charge is 2.49. The molecule has 2 bridgehead atoms. The lowest BCUT2D eigenvalue weighted by molar-refractivity contribution is 0.0284. The Morgan fingerprint density at radius 3 is 2.70 bits per heavy atom. The maximum Gasteiger partial charge on any atom is 0.251 e. The van der Waals surface area contributed by atoms with Crippen molar-refractivity contribution < 1.29 is 4.79 Å². The molecule has 2 aromatic rings. The number of likely N-dealkylation sites (tertiary alicyclic amines) is 1. The zero-order valence-electron chi connectivity index (χ0n) is 18.5. The number of hydrogen-bond acceptors (Lipinski definition) is 2. The minimum Gasteiger partial charge on any atom is -0.346 e. The van der Waals surface area contributed by atoms with Gasteiger partial charge in [0.15, 0.2) is 0 Å². The van der Waals surface area contributed by atoms with Crippen molar-refractivity contribution in [2.24, 2.45) is 11.8 Å².